The van der Waals surface area contributed by atoms with E-state index in [9.17, 15) is 4.79 Å². The van der Waals surface area contributed by atoms with E-state index in [4.69, 9.17) is 0 Å². The van der Waals surface area contributed by atoms with Crippen LogP contribution in [0.1, 0.15) is 13.8 Å². The summed E-state index contributed by atoms with van der Waals surface area (Å²) >= 11 is 0. The highest BCUT2D eigenvalue weighted by Gasteiger charge is 2.11. The molecule has 0 aromatic carbocycles. The molecule has 0 aromatic heterocycles. The Hall–Kier alpha value is -1.25. The minimum Gasteiger partial charge on any atom is -0.244 e. The molecule has 0 spiro atoms. The number of carbonyl (C=O) groups is 1. The maximum atomic E-state index is 10.6. The summed E-state index contributed by atoms with van der Waals surface area (Å²) in [5.41, 5.74) is 2.08. The number of carbonyl (C=O) groups excluding carboxylic acids is 1. The minimum absolute atomic E-state index is 0.428. The fraction of sp³-hybridized carbons (Fsp3) is 0.286. The Labute approximate surface area is 59.2 Å². The second-order valence-electron chi connectivity index (χ2n) is 2.16. The normalized spacial score (nSPS) is 18.6. The smallest absolute Gasteiger partial charge is 0.244 e. The molecular formula is C7H8N2O. The van der Waals surface area contributed by atoms with Crippen LogP contribution >= 0.6 is 0 Å². The molecule has 10 heavy (non-hydrogen) atoms. The van der Waals surface area contributed by atoms with Crippen LogP contribution in [-0.4, -0.2) is 17.5 Å². The van der Waals surface area contributed by atoms with Gasteiger partial charge in [0.15, 0.2) is 0 Å². The van der Waals surface area contributed by atoms with Gasteiger partial charge in [0.05, 0.1) is 11.4 Å². The molecule has 3 nitrogen and oxygen atoms in total. The molecule has 0 bridgehead atoms. The van der Waals surface area contributed by atoms with E-state index in [1.807, 2.05) is 0 Å². The van der Waals surface area contributed by atoms with Gasteiger partial charge in [-0.2, -0.15) is 9.98 Å². The Bertz CT molecular complexity index is 237. The molecule has 3 heteroatoms. The Morgan fingerprint density at radius 1 is 1.20 bits per heavy atom. The van der Waals surface area contributed by atoms with E-state index < -0.39 is 6.03 Å². The Balaban J connectivity index is 3.05. The van der Waals surface area contributed by atoms with E-state index in [1.54, 1.807) is 13.8 Å². The first-order valence-electron chi connectivity index (χ1n) is 2.95. The first-order valence-corrected chi connectivity index (χ1v) is 2.95. The van der Waals surface area contributed by atoms with Crippen molar-refractivity contribution in [1.82, 2.24) is 0 Å². The number of rotatable bonds is 0. The van der Waals surface area contributed by atoms with Crippen molar-refractivity contribution in [3.63, 3.8) is 0 Å². The molecule has 52 valence electrons. The van der Waals surface area contributed by atoms with Crippen LogP contribution in [0.25, 0.3) is 0 Å². The van der Waals surface area contributed by atoms with Crippen LogP contribution < -0.4 is 0 Å². The van der Waals surface area contributed by atoms with Crippen molar-refractivity contribution >= 4 is 17.5 Å². The number of hydrogen-bond donors (Lipinski definition) is 0. The highest BCUT2D eigenvalue weighted by molar-refractivity contribution is 6.28. The summed E-state index contributed by atoms with van der Waals surface area (Å²) in [6.07, 6.45) is 0. The van der Waals surface area contributed by atoms with Crippen molar-refractivity contribution in [2.24, 2.45) is 9.98 Å². The van der Waals surface area contributed by atoms with Gasteiger partial charge < -0.3 is 0 Å². The fourth-order valence-electron chi connectivity index (χ4n) is 0.709. The maximum Gasteiger partial charge on any atom is 0.367 e. The van der Waals surface area contributed by atoms with E-state index in [1.165, 1.54) is 0 Å². The SMILES string of the molecule is C=C1C(C)=NC(=O)N=C1C. The van der Waals surface area contributed by atoms with Crippen LogP contribution in [0.5, 0.6) is 0 Å². The maximum absolute atomic E-state index is 10.6. The average molecular weight is 136 g/mol. The molecule has 1 heterocycles. The minimum atomic E-state index is -0.428. The van der Waals surface area contributed by atoms with Crippen LogP contribution in [0.2, 0.25) is 0 Å². The van der Waals surface area contributed by atoms with Crippen LogP contribution in [0.15, 0.2) is 22.1 Å². The predicted molar refractivity (Wildman–Crippen MR) is 40.8 cm³/mol. The van der Waals surface area contributed by atoms with Crippen molar-refractivity contribution in [3.05, 3.63) is 12.2 Å². The Morgan fingerprint density at radius 2 is 1.60 bits per heavy atom. The quantitative estimate of drug-likeness (QED) is 0.498. The highest BCUT2D eigenvalue weighted by Crippen LogP contribution is 2.05. The summed E-state index contributed by atoms with van der Waals surface area (Å²) in [7, 11) is 0. The van der Waals surface area contributed by atoms with Gasteiger partial charge in [-0.3, -0.25) is 0 Å². The van der Waals surface area contributed by atoms with Gasteiger partial charge in [0.1, 0.15) is 0 Å². The molecule has 0 aliphatic carbocycles. The van der Waals surface area contributed by atoms with Crippen molar-refractivity contribution in [2.45, 2.75) is 13.8 Å². The van der Waals surface area contributed by atoms with Gasteiger partial charge in [-0.05, 0) is 13.8 Å². The van der Waals surface area contributed by atoms with E-state index in [2.05, 4.69) is 16.6 Å². The molecule has 0 aromatic rings. The molecule has 1 aliphatic rings. The lowest BCUT2D eigenvalue weighted by Crippen LogP contribution is -2.13. The molecule has 0 atom stereocenters. The lowest BCUT2D eigenvalue weighted by atomic mass is 10.1. The van der Waals surface area contributed by atoms with Crippen LogP contribution in [0, 0.1) is 0 Å². The van der Waals surface area contributed by atoms with Gasteiger partial charge in [0.25, 0.3) is 0 Å². The summed E-state index contributed by atoms with van der Waals surface area (Å²) in [6, 6.07) is -0.428. The van der Waals surface area contributed by atoms with E-state index >= 15 is 0 Å². The Morgan fingerprint density at radius 3 is 2.00 bits per heavy atom. The zero-order valence-corrected chi connectivity index (χ0v) is 6.01. The molecule has 0 radical (unpaired) electrons. The Kier molecular flexibility index (Phi) is 1.49. The molecule has 1 rings (SSSR count). The first kappa shape index (κ1) is 6.86. The second-order valence-corrected chi connectivity index (χ2v) is 2.16. The van der Waals surface area contributed by atoms with Crippen molar-refractivity contribution in [1.29, 1.82) is 0 Å². The number of nitrogens with zero attached hydrogens (tertiary/aromatic N) is 2. The number of aliphatic imine (C=N–C) groups is 2. The third-order valence-electron chi connectivity index (χ3n) is 1.40. The standard InChI is InChI=1S/C7H8N2O/c1-4-5(2)8-7(10)9-6(4)3/h1H2,2-3H3. The van der Waals surface area contributed by atoms with Gasteiger partial charge in [-0.1, -0.05) is 6.58 Å². The lowest BCUT2D eigenvalue weighted by molar-refractivity contribution is 0.257. The van der Waals surface area contributed by atoms with Crippen molar-refractivity contribution in [2.75, 3.05) is 0 Å². The molecule has 0 N–H and O–H groups in total. The van der Waals surface area contributed by atoms with Gasteiger partial charge in [-0.25, -0.2) is 4.79 Å². The van der Waals surface area contributed by atoms with Gasteiger partial charge in [-0.15, -0.1) is 0 Å². The average Bonchev–Trinajstić information content (AvgIpc) is 1.82. The molecular weight excluding hydrogens is 128 g/mol. The van der Waals surface area contributed by atoms with Gasteiger partial charge in [0.2, 0.25) is 0 Å². The van der Waals surface area contributed by atoms with Crippen LogP contribution in [-0.2, 0) is 0 Å². The van der Waals surface area contributed by atoms with Gasteiger partial charge in [0, 0.05) is 5.57 Å². The highest BCUT2D eigenvalue weighted by atomic mass is 16.2. The number of allylic oxidation sites excluding steroid dienone is 1. The second kappa shape index (κ2) is 2.17. The van der Waals surface area contributed by atoms with E-state index in [0.29, 0.717) is 11.4 Å². The molecule has 0 fully saturated rings. The molecule has 1 aliphatic heterocycles. The topological polar surface area (TPSA) is 41.8 Å². The molecule has 2 amide bonds. The van der Waals surface area contributed by atoms with E-state index in [-0.39, 0.29) is 0 Å². The monoisotopic (exact) mass is 136 g/mol. The van der Waals surface area contributed by atoms with Gasteiger partial charge >= 0.3 is 6.03 Å². The van der Waals surface area contributed by atoms with Crippen molar-refractivity contribution < 1.29 is 4.79 Å². The number of amides is 2. The van der Waals surface area contributed by atoms with Crippen molar-refractivity contribution in [3.8, 4) is 0 Å². The molecule has 0 saturated heterocycles. The molecule has 0 saturated carbocycles. The third kappa shape index (κ3) is 1.03. The largest absolute Gasteiger partial charge is 0.367 e. The number of hydrogen-bond acceptors (Lipinski definition) is 1. The van der Waals surface area contributed by atoms with Crippen LogP contribution in [0.3, 0.4) is 0 Å². The summed E-state index contributed by atoms with van der Waals surface area (Å²) in [6.45, 7) is 7.19. The summed E-state index contributed by atoms with van der Waals surface area (Å²) in [5, 5.41) is 0. The third-order valence-corrected chi connectivity index (χ3v) is 1.40. The number of urea groups is 1. The zero-order chi connectivity index (χ0) is 7.72. The summed E-state index contributed by atoms with van der Waals surface area (Å²) < 4.78 is 0. The predicted octanol–water partition coefficient (Wildman–Crippen LogP) is 1.60. The van der Waals surface area contributed by atoms with E-state index in [0.717, 1.165) is 5.57 Å². The fourth-order valence-corrected chi connectivity index (χ4v) is 0.709. The first-order chi connectivity index (χ1) is 4.61. The molecule has 0 unspecified atom stereocenters. The zero-order valence-electron chi connectivity index (χ0n) is 6.01. The summed E-state index contributed by atoms with van der Waals surface area (Å²) in [5.74, 6) is 0. The summed E-state index contributed by atoms with van der Waals surface area (Å²) in [4.78, 5) is 17.8. The lowest BCUT2D eigenvalue weighted by Gasteiger charge is -2.06. The van der Waals surface area contributed by atoms with Crippen LogP contribution in [0.4, 0.5) is 4.79 Å².